The van der Waals surface area contributed by atoms with Gasteiger partial charge in [-0.2, -0.15) is 0 Å². The summed E-state index contributed by atoms with van der Waals surface area (Å²) in [5, 5.41) is 0.653. The van der Waals surface area contributed by atoms with Gasteiger partial charge in [0.2, 0.25) is 10.0 Å². The Kier molecular flexibility index (Phi) is 4.36. The van der Waals surface area contributed by atoms with Gasteiger partial charge in [-0.25, -0.2) is 22.5 Å². The van der Waals surface area contributed by atoms with Crippen LogP contribution in [-0.2, 0) is 23.0 Å². The predicted octanol–water partition coefficient (Wildman–Crippen LogP) is 1.91. The first-order chi connectivity index (χ1) is 9.42. The summed E-state index contributed by atoms with van der Waals surface area (Å²) in [6.07, 6.45) is 2.56. The second-order valence-corrected chi connectivity index (χ2v) is 7.02. The van der Waals surface area contributed by atoms with Crippen LogP contribution in [0, 0.1) is 5.82 Å². The number of aryl methyl sites for hydroxylation is 1. The summed E-state index contributed by atoms with van der Waals surface area (Å²) >= 11 is 1.43. The standard InChI is InChI=1S/C12H14FN3O2S2/c1-2-9-6-15-12(19-9)7-16-20(17,18)11-5-8(13)3-4-10(11)14/h3-6,16H,2,7,14H2,1H3. The maximum Gasteiger partial charge on any atom is 0.243 e. The van der Waals surface area contributed by atoms with Gasteiger partial charge in [0.1, 0.15) is 15.7 Å². The molecule has 0 radical (unpaired) electrons. The fourth-order valence-corrected chi connectivity index (χ4v) is 3.59. The minimum absolute atomic E-state index is 0.00675. The first-order valence-corrected chi connectivity index (χ1v) is 8.20. The van der Waals surface area contributed by atoms with E-state index in [4.69, 9.17) is 5.73 Å². The van der Waals surface area contributed by atoms with E-state index in [0.29, 0.717) is 5.01 Å². The Morgan fingerprint density at radius 2 is 2.20 bits per heavy atom. The van der Waals surface area contributed by atoms with E-state index in [1.807, 2.05) is 6.92 Å². The number of nitrogens with zero attached hydrogens (tertiary/aromatic N) is 1. The lowest BCUT2D eigenvalue weighted by atomic mass is 10.3. The van der Waals surface area contributed by atoms with Crippen molar-refractivity contribution in [2.24, 2.45) is 0 Å². The van der Waals surface area contributed by atoms with Gasteiger partial charge in [0.25, 0.3) is 0 Å². The largest absolute Gasteiger partial charge is 0.398 e. The molecule has 5 nitrogen and oxygen atoms in total. The van der Waals surface area contributed by atoms with Crippen molar-refractivity contribution >= 4 is 27.0 Å². The van der Waals surface area contributed by atoms with Crippen molar-refractivity contribution in [3.8, 4) is 0 Å². The van der Waals surface area contributed by atoms with E-state index < -0.39 is 15.8 Å². The number of halogens is 1. The van der Waals surface area contributed by atoms with E-state index in [0.717, 1.165) is 23.4 Å². The molecule has 0 saturated heterocycles. The fourth-order valence-electron chi connectivity index (χ4n) is 1.57. The van der Waals surface area contributed by atoms with Crippen LogP contribution in [0.1, 0.15) is 16.8 Å². The first-order valence-electron chi connectivity index (χ1n) is 5.90. The molecule has 0 saturated carbocycles. The summed E-state index contributed by atoms with van der Waals surface area (Å²) in [6.45, 7) is 2.05. The third-order valence-corrected chi connectivity index (χ3v) is 5.23. The molecule has 0 atom stereocenters. The van der Waals surface area contributed by atoms with Crippen molar-refractivity contribution < 1.29 is 12.8 Å². The average Bonchev–Trinajstić information content (AvgIpc) is 2.87. The van der Waals surface area contributed by atoms with Gasteiger partial charge < -0.3 is 5.73 Å². The number of sulfonamides is 1. The molecule has 0 aliphatic rings. The monoisotopic (exact) mass is 315 g/mol. The van der Waals surface area contributed by atoms with Crippen molar-refractivity contribution in [1.82, 2.24) is 9.71 Å². The van der Waals surface area contributed by atoms with Gasteiger partial charge >= 0.3 is 0 Å². The highest BCUT2D eigenvalue weighted by molar-refractivity contribution is 7.89. The molecule has 0 amide bonds. The Bertz CT molecular complexity index is 713. The van der Waals surface area contributed by atoms with E-state index in [-0.39, 0.29) is 17.1 Å². The van der Waals surface area contributed by atoms with E-state index in [9.17, 15) is 12.8 Å². The molecule has 0 spiro atoms. The molecular weight excluding hydrogens is 301 g/mol. The number of anilines is 1. The summed E-state index contributed by atoms with van der Waals surface area (Å²) in [5.74, 6) is -0.651. The quantitative estimate of drug-likeness (QED) is 0.825. The number of nitrogens with one attached hydrogen (secondary N) is 1. The molecule has 0 aliphatic carbocycles. The number of hydrogen-bond acceptors (Lipinski definition) is 5. The second-order valence-electron chi connectivity index (χ2n) is 4.08. The summed E-state index contributed by atoms with van der Waals surface area (Å²) in [6, 6.07) is 3.24. The average molecular weight is 315 g/mol. The number of nitrogen functional groups attached to an aromatic ring is 1. The van der Waals surface area contributed by atoms with Crippen LogP contribution < -0.4 is 10.5 Å². The Labute approximate surface area is 120 Å². The van der Waals surface area contributed by atoms with Crippen LogP contribution in [0.15, 0.2) is 29.3 Å². The lowest BCUT2D eigenvalue weighted by Gasteiger charge is -2.08. The van der Waals surface area contributed by atoms with Gasteiger partial charge in [-0.15, -0.1) is 11.3 Å². The summed E-state index contributed by atoms with van der Waals surface area (Å²) < 4.78 is 39.7. The third kappa shape index (κ3) is 3.33. The molecule has 20 heavy (non-hydrogen) atoms. The molecule has 0 bridgehead atoms. The maximum absolute atomic E-state index is 13.1. The van der Waals surface area contributed by atoms with Crippen LogP contribution >= 0.6 is 11.3 Å². The van der Waals surface area contributed by atoms with Crippen molar-refractivity contribution in [2.45, 2.75) is 24.8 Å². The fraction of sp³-hybridized carbons (Fsp3) is 0.250. The molecule has 2 rings (SSSR count). The molecular formula is C12H14FN3O2S2. The van der Waals surface area contributed by atoms with Gasteiger partial charge in [-0.3, -0.25) is 0 Å². The lowest BCUT2D eigenvalue weighted by Crippen LogP contribution is -2.24. The number of benzene rings is 1. The van der Waals surface area contributed by atoms with Gasteiger partial charge in [-0.05, 0) is 24.6 Å². The number of hydrogen-bond donors (Lipinski definition) is 2. The van der Waals surface area contributed by atoms with Gasteiger partial charge in [0.05, 0.1) is 12.2 Å². The van der Waals surface area contributed by atoms with Crippen LogP contribution in [0.25, 0.3) is 0 Å². The van der Waals surface area contributed by atoms with E-state index in [1.165, 1.54) is 17.4 Å². The molecule has 1 heterocycles. The maximum atomic E-state index is 13.1. The molecule has 1 aromatic carbocycles. The van der Waals surface area contributed by atoms with Crippen molar-refractivity contribution in [3.05, 3.63) is 40.1 Å². The molecule has 0 aliphatic heterocycles. The Balaban J connectivity index is 2.17. The van der Waals surface area contributed by atoms with Crippen LogP contribution in [0.2, 0.25) is 0 Å². The Hall–Kier alpha value is -1.51. The Morgan fingerprint density at radius 3 is 2.85 bits per heavy atom. The molecule has 3 N–H and O–H groups in total. The molecule has 0 fully saturated rings. The van der Waals surface area contributed by atoms with E-state index in [1.54, 1.807) is 6.20 Å². The molecule has 0 unspecified atom stereocenters. The summed E-state index contributed by atoms with van der Waals surface area (Å²) in [5.41, 5.74) is 5.58. The minimum atomic E-state index is -3.86. The highest BCUT2D eigenvalue weighted by Crippen LogP contribution is 2.20. The van der Waals surface area contributed by atoms with Gasteiger partial charge in [-0.1, -0.05) is 6.92 Å². The summed E-state index contributed by atoms with van der Waals surface area (Å²) in [7, 11) is -3.86. The summed E-state index contributed by atoms with van der Waals surface area (Å²) in [4.78, 5) is 4.92. The zero-order valence-electron chi connectivity index (χ0n) is 10.8. The van der Waals surface area contributed by atoms with Crippen molar-refractivity contribution in [2.75, 3.05) is 5.73 Å². The SMILES string of the molecule is CCc1cnc(CNS(=O)(=O)c2cc(F)ccc2N)s1. The van der Waals surface area contributed by atoms with E-state index >= 15 is 0 Å². The van der Waals surface area contributed by atoms with E-state index in [2.05, 4.69) is 9.71 Å². The van der Waals surface area contributed by atoms with Gasteiger partial charge in [0.15, 0.2) is 0 Å². The number of aromatic nitrogens is 1. The van der Waals surface area contributed by atoms with Crippen molar-refractivity contribution in [1.29, 1.82) is 0 Å². The number of rotatable bonds is 5. The first kappa shape index (κ1) is 14.9. The smallest absolute Gasteiger partial charge is 0.243 e. The zero-order chi connectivity index (χ0) is 14.8. The predicted molar refractivity (Wildman–Crippen MR) is 76.3 cm³/mol. The second kappa shape index (κ2) is 5.86. The molecule has 1 aromatic heterocycles. The zero-order valence-corrected chi connectivity index (χ0v) is 12.4. The molecule has 8 heteroatoms. The van der Waals surface area contributed by atoms with Crippen molar-refractivity contribution in [3.63, 3.8) is 0 Å². The third-order valence-electron chi connectivity index (χ3n) is 2.63. The molecule has 108 valence electrons. The lowest BCUT2D eigenvalue weighted by molar-refractivity contribution is 0.578. The number of thiazole rings is 1. The minimum Gasteiger partial charge on any atom is -0.398 e. The highest BCUT2D eigenvalue weighted by atomic mass is 32.2. The van der Waals surface area contributed by atoms with Crippen LogP contribution in [0.3, 0.4) is 0 Å². The van der Waals surface area contributed by atoms with Gasteiger partial charge in [0, 0.05) is 11.1 Å². The van der Waals surface area contributed by atoms with Crippen LogP contribution in [-0.4, -0.2) is 13.4 Å². The van der Waals surface area contributed by atoms with Crippen LogP contribution in [0.4, 0.5) is 10.1 Å². The topological polar surface area (TPSA) is 85.1 Å². The Morgan fingerprint density at radius 1 is 1.45 bits per heavy atom. The molecule has 2 aromatic rings. The normalized spacial score (nSPS) is 11.7. The number of nitrogens with two attached hydrogens (primary N) is 1. The van der Waals surface area contributed by atoms with Crippen LogP contribution in [0.5, 0.6) is 0 Å². The highest BCUT2D eigenvalue weighted by Gasteiger charge is 2.18.